The molecule has 1 aromatic heterocycles. The van der Waals surface area contributed by atoms with Gasteiger partial charge in [-0.3, -0.25) is 0 Å². The van der Waals surface area contributed by atoms with Gasteiger partial charge in [-0.2, -0.15) is 0 Å². The third-order valence-electron chi connectivity index (χ3n) is 1.81. The molecule has 0 aliphatic heterocycles. The summed E-state index contributed by atoms with van der Waals surface area (Å²) in [5.74, 6) is 0.471. The fourth-order valence-corrected chi connectivity index (χ4v) is 1.45. The van der Waals surface area contributed by atoms with Crippen molar-refractivity contribution < 1.29 is 5.11 Å². The first-order valence-electron chi connectivity index (χ1n) is 3.53. The van der Waals surface area contributed by atoms with Crippen LogP contribution in [0, 0.1) is 0 Å². The summed E-state index contributed by atoms with van der Waals surface area (Å²) in [5.41, 5.74) is 2.31. The molecular weight excluding hydrogens is 176 g/mol. The first kappa shape index (κ1) is 7.43. The summed E-state index contributed by atoms with van der Waals surface area (Å²) in [6.07, 6.45) is 1.58. The smallest absolute Gasteiger partial charge is 0.122 e. The predicted octanol–water partition coefficient (Wildman–Crippen LogP) is 2.01. The molecule has 0 fully saturated rings. The van der Waals surface area contributed by atoms with Gasteiger partial charge in [0.05, 0.1) is 23.2 Å². The molecule has 0 saturated heterocycles. The predicted molar refractivity (Wildman–Crippen MR) is 47.3 cm³/mol. The second-order valence-corrected chi connectivity index (χ2v) is 2.76. The molecular formula is C8H7ClN2O. The lowest BCUT2D eigenvalue weighted by Gasteiger charge is -1.99. The number of phenols is 1. The lowest BCUT2D eigenvalue weighted by atomic mass is 10.2. The molecule has 0 amide bonds. The maximum absolute atomic E-state index is 9.39. The van der Waals surface area contributed by atoms with Crippen LogP contribution in [0.5, 0.6) is 5.75 Å². The summed E-state index contributed by atoms with van der Waals surface area (Å²) in [7, 11) is 0. The number of nitrogens with zero attached hydrogens (tertiary/aromatic N) is 1. The van der Waals surface area contributed by atoms with Crippen molar-refractivity contribution in [2.45, 2.75) is 5.88 Å². The molecule has 62 valence electrons. The summed E-state index contributed by atoms with van der Waals surface area (Å²) < 4.78 is 0. The highest BCUT2D eigenvalue weighted by Gasteiger charge is 2.06. The van der Waals surface area contributed by atoms with Gasteiger partial charge in [0.2, 0.25) is 0 Å². The van der Waals surface area contributed by atoms with Crippen molar-refractivity contribution >= 4 is 22.6 Å². The van der Waals surface area contributed by atoms with Crippen LogP contribution < -0.4 is 0 Å². The second-order valence-electron chi connectivity index (χ2n) is 2.50. The molecule has 0 aliphatic rings. The molecule has 3 nitrogen and oxygen atoms in total. The number of aromatic nitrogens is 2. The van der Waals surface area contributed by atoms with Crippen LogP contribution in [-0.2, 0) is 5.88 Å². The van der Waals surface area contributed by atoms with E-state index in [2.05, 4.69) is 9.97 Å². The normalized spacial score (nSPS) is 10.8. The van der Waals surface area contributed by atoms with Gasteiger partial charge in [0.15, 0.2) is 0 Å². The molecule has 12 heavy (non-hydrogen) atoms. The van der Waals surface area contributed by atoms with Crippen LogP contribution in [0.3, 0.4) is 0 Å². The number of H-pyrrole nitrogens is 1. The number of hydrogen-bond acceptors (Lipinski definition) is 2. The maximum atomic E-state index is 9.39. The van der Waals surface area contributed by atoms with Gasteiger partial charge in [-0.1, -0.05) is 0 Å². The summed E-state index contributed by atoms with van der Waals surface area (Å²) in [4.78, 5) is 6.99. The van der Waals surface area contributed by atoms with Crippen molar-refractivity contribution in [1.29, 1.82) is 0 Å². The summed E-state index contributed by atoms with van der Waals surface area (Å²) in [5, 5.41) is 9.39. The SMILES string of the molecule is Oc1ccc2[nH]cnc2c1CCl. The first-order valence-corrected chi connectivity index (χ1v) is 4.06. The van der Waals surface area contributed by atoms with E-state index >= 15 is 0 Å². The topological polar surface area (TPSA) is 48.9 Å². The molecule has 0 unspecified atom stereocenters. The molecule has 1 heterocycles. The Kier molecular flexibility index (Phi) is 1.66. The number of phenolic OH excluding ortho intramolecular Hbond substituents is 1. The Morgan fingerprint density at radius 1 is 1.50 bits per heavy atom. The fraction of sp³-hybridized carbons (Fsp3) is 0.125. The van der Waals surface area contributed by atoms with Crippen LogP contribution in [0.1, 0.15) is 5.56 Å². The van der Waals surface area contributed by atoms with Crippen LogP contribution in [0.4, 0.5) is 0 Å². The highest BCUT2D eigenvalue weighted by molar-refractivity contribution is 6.18. The zero-order chi connectivity index (χ0) is 8.55. The monoisotopic (exact) mass is 182 g/mol. The van der Waals surface area contributed by atoms with Crippen molar-refractivity contribution in [1.82, 2.24) is 9.97 Å². The number of rotatable bonds is 1. The van der Waals surface area contributed by atoms with Gasteiger partial charge in [-0.25, -0.2) is 4.98 Å². The van der Waals surface area contributed by atoms with Gasteiger partial charge < -0.3 is 10.1 Å². The highest BCUT2D eigenvalue weighted by atomic mass is 35.5. The largest absolute Gasteiger partial charge is 0.508 e. The lowest BCUT2D eigenvalue weighted by Crippen LogP contribution is -1.82. The average Bonchev–Trinajstić information content (AvgIpc) is 2.52. The van der Waals surface area contributed by atoms with Gasteiger partial charge in [-0.15, -0.1) is 11.6 Å². The number of halogens is 1. The Morgan fingerprint density at radius 2 is 2.33 bits per heavy atom. The molecule has 0 saturated carbocycles. The van der Waals surface area contributed by atoms with E-state index in [4.69, 9.17) is 11.6 Å². The van der Waals surface area contributed by atoms with E-state index in [9.17, 15) is 5.11 Å². The van der Waals surface area contributed by atoms with E-state index in [1.807, 2.05) is 0 Å². The van der Waals surface area contributed by atoms with Crippen molar-refractivity contribution in [3.63, 3.8) is 0 Å². The zero-order valence-electron chi connectivity index (χ0n) is 6.21. The van der Waals surface area contributed by atoms with Gasteiger partial charge in [0, 0.05) is 5.56 Å². The van der Waals surface area contributed by atoms with Crippen molar-refractivity contribution in [3.05, 3.63) is 24.0 Å². The number of imidazole rings is 1. The Bertz CT molecular complexity index is 410. The summed E-state index contributed by atoms with van der Waals surface area (Å²) >= 11 is 5.65. The molecule has 2 N–H and O–H groups in total. The minimum absolute atomic E-state index is 0.199. The fourth-order valence-electron chi connectivity index (χ4n) is 1.19. The first-order chi connectivity index (χ1) is 5.83. The van der Waals surface area contributed by atoms with Crippen LogP contribution in [0.2, 0.25) is 0 Å². The average molecular weight is 183 g/mol. The number of fused-ring (bicyclic) bond motifs is 1. The molecule has 4 heteroatoms. The number of benzene rings is 1. The Labute approximate surface area is 74.0 Å². The van der Waals surface area contributed by atoms with Crippen molar-refractivity contribution in [2.75, 3.05) is 0 Å². The molecule has 0 aliphatic carbocycles. The number of hydrogen-bond donors (Lipinski definition) is 2. The second kappa shape index (κ2) is 2.68. The summed E-state index contributed by atoms with van der Waals surface area (Å²) in [6, 6.07) is 3.38. The minimum Gasteiger partial charge on any atom is -0.508 e. The molecule has 0 bridgehead atoms. The zero-order valence-corrected chi connectivity index (χ0v) is 6.97. The van der Waals surface area contributed by atoms with Crippen LogP contribution >= 0.6 is 11.6 Å². The van der Waals surface area contributed by atoms with E-state index in [0.29, 0.717) is 5.56 Å². The van der Waals surface area contributed by atoms with Crippen molar-refractivity contribution in [3.8, 4) is 5.75 Å². The molecule has 0 radical (unpaired) electrons. The Hall–Kier alpha value is -1.22. The number of aromatic amines is 1. The molecule has 2 aromatic rings. The van der Waals surface area contributed by atoms with Crippen LogP contribution in [0.25, 0.3) is 11.0 Å². The van der Waals surface area contributed by atoms with Crippen LogP contribution in [0.15, 0.2) is 18.5 Å². The van der Waals surface area contributed by atoms with E-state index in [1.165, 1.54) is 0 Å². The van der Waals surface area contributed by atoms with Gasteiger partial charge in [0.25, 0.3) is 0 Å². The maximum Gasteiger partial charge on any atom is 0.122 e. The van der Waals surface area contributed by atoms with E-state index in [0.717, 1.165) is 11.0 Å². The van der Waals surface area contributed by atoms with E-state index in [1.54, 1.807) is 18.5 Å². The standard InChI is InChI=1S/C8H7ClN2O/c9-3-5-7(12)2-1-6-8(5)11-4-10-6/h1-2,4,12H,3H2,(H,10,11). The van der Waals surface area contributed by atoms with Crippen LogP contribution in [-0.4, -0.2) is 15.1 Å². The number of aromatic hydroxyl groups is 1. The highest BCUT2D eigenvalue weighted by Crippen LogP contribution is 2.25. The number of nitrogens with one attached hydrogen (secondary N) is 1. The third kappa shape index (κ3) is 0.940. The van der Waals surface area contributed by atoms with E-state index < -0.39 is 0 Å². The van der Waals surface area contributed by atoms with Gasteiger partial charge >= 0.3 is 0 Å². The number of alkyl halides is 1. The Balaban J connectivity index is 2.83. The van der Waals surface area contributed by atoms with Gasteiger partial charge in [0.1, 0.15) is 5.75 Å². The lowest BCUT2D eigenvalue weighted by molar-refractivity contribution is 0.471. The molecule has 0 spiro atoms. The molecule has 1 aromatic carbocycles. The minimum atomic E-state index is 0.199. The molecule has 2 rings (SSSR count). The quantitative estimate of drug-likeness (QED) is 0.663. The van der Waals surface area contributed by atoms with E-state index in [-0.39, 0.29) is 11.6 Å². The van der Waals surface area contributed by atoms with Crippen molar-refractivity contribution in [2.24, 2.45) is 0 Å². The summed E-state index contributed by atoms with van der Waals surface area (Å²) in [6.45, 7) is 0. The third-order valence-corrected chi connectivity index (χ3v) is 2.07. The van der Waals surface area contributed by atoms with Gasteiger partial charge in [-0.05, 0) is 12.1 Å². The molecule has 0 atom stereocenters. The Morgan fingerprint density at radius 3 is 3.08 bits per heavy atom.